The van der Waals surface area contributed by atoms with Crippen molar-refractivity contribution in [2.75, 3.05) is 19.6 Å². The average Bonchev–Trinajstić information content (AvgIpc) is 2.62. The zero-order chi connectivity index (χ0) is 10.6. The maximum Gasteiger partial charge on any atom is 0.133 e. The van der Waals surface area contributed by atoms with Crippen molar-refractivity contribution < 1.29 is 0 Å². The van der Waals surface area contributed by atoms with Crippen LogP contribution in [0.3, 0.4) is 0 Å². The van der Waals surface area contributed by atoms with Gasteiger partial charge in [-0.1, -0.05) is 13.8 Å². The van der Waals surface area contributed by atoms with Crippen LogP contribution in [0.25, 0.3) is 0 Å². The summed E-state index contributed by atoms with van der Waals surface area (Å²) in [6.45, 7) is 7.46. The normalized spacial score (nSPS) is 23.3. The summed E-state index contributed by atoms with van der Waals surface area (Å²) in [6.07, 6.45) is 3.73. The molecule has 0 aromatic rings. The highest BCUT2D eigenvalue weighted by Gasteiger charge is 2.35. The van der Waals surface area contributed by atoms with E-state index in [0.717, 1.165) is 19.6 Å². The molecule has 2 nitrogen and oxygen atoms in total. The Kier molecular flexibility index (Phi) is 4.22. The Morgan fingerprint density at radius 1 is 1.50 bits per heavy atom. The molecular formula is C11H19ClN2. The van der Waals surface area contributed by atoms with Crippen molar-refractivity contribution in [1.82, 2.24) is 4.90 Å². The first kappa shape index (κ1) is 11.8. The maximum atomic E-state index is 8.63. The zero-order valence-electron chi connectivity index (χ0n) is 9.09. The molecule has 1 fully saturated rings. The molecule has 1 rings (SSSR count). The van der Waals surface area contributed by atoms with Crippen LogP contribution in [0.15, 0.2) is 0 Å². The molecule has 1 atom stereocenters. The van der Waals surface area contributed by atoms with Crippen molar-refractivity contribution in [2.24, 2.45) is 5.41 Å². The second kappa shape index (κ2) is 5.00. The first-order valence-corrected chi connectivity index (χ1v) is 5.85. The topological polar surface area (TPSA) is 27.0 Å². The van der Waals surface area contributed by atoms with Gasteiger partial charge in [0, 0.05) is 13.1 Å². The molecule has 1 aliphatic rings. The molecule has 0 saturated carbocycles. The zero-order valence-corrected chi connectivity index (χ0v) is 9.85. The summed E-state index contributed by atoms with van der Waals surface area (Å²) in [4.78, 5) is 2.33. The summed E-state index contributed by atoms with van der Waals surface area (Å²) in [5.74, 6) is 0. The van der Waals surface area contributed by atoms with Gasteiger partial charge in [0.2, 0.25) is 0 Å². The third kappa shape index (κ3) is 2.62. The number of hydrogen-bond acceptors (Lipinski definition) is 2. The minimum atomic E-state index is -0.348. The second-order valence-corrected chi connectivity index (χ2v) is 4.82. The van der Waals surface area contributed by atoms with Crippen LogP contribution in [-0.2, 0) is 0 Å². The van der Waals surface area contributed by atoms with Gasteiger partial charge in [-0.2, -0.15) is 5.26 Å². The van der Waals surface area contributed by atoms with E-state index in [-0.39, 0.29) is 5.38 Å². The average molecular weight is 215 g/mol. The van der Waals surface area contributed by atoms with Crippen molar-refractivity contribution in [1.29, 1.82) is 5.26 Å². The van der Waals surface area contributed by atoms with E-state index in [1.165, 1.54) is 19.3 Å². The highest BCUT2D eigenvalue weighted by atomic mass is 35.5. The van der Waals surface area contributed by atoms with Crippen molar-refractivity contribution in [3.63, 3.8) is 0 Å². The fraction of sp³-hybridized carbons (Fsp3) is 0.909. The summed E-state index contributed by atoms with van der Waals surface area (Å²) in [5.41, 5.74) is 0.492. The molecule has 3 heteroatoms. The van der Waals surface area contributed by atoms with Crippen LogP contribution < -0.4 is 0 Å². The lowest BCUT2D eigenvalue weighted by molar-refractivity contribution is 0.244. The molecular weight excluding hydrogens is 196 g/mol. The molecule has 1 saturated heterocycles. The van der Waals surface area contributed by atoms with E-state index in [2.05, 4.69) is 24.8 Å². The highest BCUT2D eigenvalue weighted by molar-refractivity contribution is 6.22. The van der Waals surface area contributed by atoms with Gasteiger partial charge in [0.25, 0.3) is 0 Å². The maximum absolute atomic E-state index is 8.63. The van der Waals surface area contributed by atoms with Crippen LogP contribution in [0.2, 0.25) is 0 Å². The number of alkyl halides is 1. The van der Waals surface area contributed by atoms with Gasteiger partial charge in [-0.3, -0.25) is 0 Å². The van der Waals surface area contributed by atoms with Crippen LogP contribution in [0, 0.1) is 16.7 Å². The Labute approximate surface area is 91.8 Å². The Morgan fingerprint density at radius 3 is 2.57 bits per heavy atom. The van der Waals surface area contributed by atoms with Crippen LogP contribution in [0.5, 0.6) is 0 Å². The number of nitrogens with zero attached hydrogens (tertiary/aromatic N) is 2. The van der Waals surface area contributed by atoms with E-state index in [1.807, 2.05) is 0 Å². The summed E-state index contributed by atoms with van der Waals surface area (Å²) < 4.78 is 0. The SMILES string of the molecule is CCC1(CC)CCN(CC(Cl)C#N)C1. The lowest BCUT2D eigenvalue weighted by Gasteiger charge is -2.26. The molecule has 1 heterocycles. The minimum absolute atomic E-state index is 0.348. The number of likely N-dealkylation sites (tertiary alicyclic amines) is 1. The smallest absolute Gasteiger partial charge is 0.133 e. The van der Waals surface area contributed by atoms with E-state index < -0.39 is 0 Å². The highest BCUT2D eigenvalue weighted by Crippen LogP contribution is 2.36. The summed E-state index contributed by atoms with van der Waals surface area (Å²) in [5, 5.41) is 8.28. The molecule has 0 amide bonds. The number of rotatable bonds is 4. The molecule has 1 aliphatic heterocycles. The van der Waals surface area contributed by atoms with Gasteiger partial charge >= 0.3 is 0 Å². The molecule has 14 heavy (non-hydrogen) atoms. The molecule has 0 bridgehead atoms. The summed E-state index contributed by atoms with van der Waals surface area (Å²) in [7, 11) is 0. The summed E-state index contributed by atoms with van der Waals surface area (Å²) >= 11 is 5.82. The molecule has 1 unspecified atom stereocenters. The molecule has 80 valence electrons. The number of hydrogen-bond donors (Lipinski definition) is 0. The Morgan fingerprint density at radius 2 is 2.14 bits per heavy atom. The fourth-order valence-electron chi connectivity index (χ4n) is 2.28. The monoisotopic (exact) mass is 214 g/mol. The molecule has 0 spiro atoms. The van der Waals surface area contributed by atoms with E-state index >= 15 is 0 Å². The third-order valence-corrected chi connectivity index (χ3v) is 3.81. The van der Waals surface area contributed by atoms with E-state index in [1.54, 1.807) is 0 Å². The fourth-order valence-corrected chi connectivity index (χ4v) is 2.47. The van der Waals surface area contributed by atoms with Gasteiger partial charge in [0.05, 0.1) is 6.07 Å². The summed E-state index contributed by atoms with van der Waals surface area (Å²) in [6, 6.07) is 2.08. The van der Waals surface area contributed by atoms with Gasteiger partial charge in [0.1, 0.15) is 5.38 Å². The minimum Gasteiger partial charge on any atom is -0.300 e. The lowest BCUT2D eigenvalue weighted by atomic mass is 9.82. The Balaban J connectivity index is 2.44. The molecule has 0 aromatic carbocycles. The third-order valence-electron chi connectivity index (χ3n) is 3.58. The van der Waals surface area contributed by atoms with E-state index in [4.69, 9.17) is 16.9 Å². The van der Waals surface area contributed by atoms with Crippen LogP contribution >= 0.6 is 11.6 Å². The number of halogens is 1. The predicted molar refractivity (Wildman–Crippen MR) is 59.3 cm³/mol. The van der Waals surface area contributed by atoms with Gasteiger partial charge in [0.15, 0.2) is 0 Å². The standard InChI is InChI=1S/C11H19ClN2/c1-3-11(4-2)5-6-14(9-11)8-10(12)7-13/h10H,3-6,8-9H2,1-2H3. The van der Waals surface area contributed by atoms with Gasteiger partial charge in [-0.15, -0.1) is 11.6 Å². The quantitative estimate of drug-likeness (QED) is 0.673. The predicted octanol–water partition coefficient (Wildman–Crippen LogP) is 2.63. The number of nitriles is 1. The van der Waals surface area contributed by atoms with Crippen LogP contribution in [0.4, 0.5) is 0 Å². The first-order chi connectivity index (χ1) is 6.65. The molecule has 0 aliphatic carbocycles. The van der Waals surface area contributed by atoms with Gasteiger partial charge in [-0.05, 0) is 31.2 Å². The van der Waals surface area contributed by atoms with E-state index in [9.17, 15) is 0 Å². The van der Waals surface area contributed by atoms with Gasteiger partial charge < -0.3 is 4.90 Å². The van der Waals surface area contributed by atoms with Crippen LogP contribution in [-0.4, -0.2) is 29.9 Å². The van der Waals surface area contributed by atoms with Crippen molar-refractivity contribution >= 4 is 11.6 Å². The second-order valence-electron chi connectivity index (χ2n) is 4.29. The Hall–Kier alpha value is -0.260. The van der Waals surface area contributed by atoms with Crippen molar-refractivity contribution in [3.8, 4) is 6.07 Å². The van der Waals surface area contributed by atoms with Crippen LogP contribution in [0.1, 0.15) is 33.1 Å². The van der Waals surface area contributed by atoms with Gasteiger partial charge in [-0.25, -0.2) is 0 Å². The molecule has 0 aromatic heterocycles. The molecule has 0 radical (unpaired) electrons. The largest absolute Gasteiger partial charge is 0.300 e. The molecule has 0 N–H and O–H groups in total. The lowest BCUT2D eigenvalue weighted by Crippen LogP contribution is -2.30. The van der Waals surface area contributed by atoms with E-state index in [0.29, 0.717) is 5.41 Å². The van der Waals surface area contributed by atoms with Crippen molar-refractivity contribution in [2.45, 2.75) is 38.5 Å². The van der Waals surface area contributed by atoms with Crippen molar-refractivity contribution in [3.05, 3.63) is 0 Å². The first-order valence-electron chi connectivity index (χ1n) is 5.42. The Bertz CT molecular complexity index is 218.